The van der Waals surface area contributed by atoms with Gasteiger partial charge in [0.25, 0.3) is 0 Å². The van der Waals surface area contributed by atoms with E-state index < -0.39 is 0 Å². The highest BCUT2D eigenvalue weighted by Crippen LogP contribution is 2.38. The molecule has 0 aliphatic heterocycles. The van der Waals surface area contributed by atoms with Gasteiger partial charge in [-0.1, -0.05) is 68.7 Å². The molecule has 0 amide bonds. The zero-order chi connectivity index (χ0) is 19.7. The Balaban J connectivity index is 2.21. The van der Waals surface area contributed by atoms with Crippen molar-refractivity contribution in [3.8, 4) is 0 Å². The molecule has 0 N–H and O–H groups in total. The van der Waals surface area contributed by atoms with Crippen LogP contribution in [0.15, 0.2) is 78.3 Å². The highest BCUT2D eigenvalue weighted by molar-refractivity contribution is 6.17. The highest BCUT2D eigenvalue weighted by atomic mass is 16.3. The molecule has 0 atom stereocenters. The number of benzene rings is 2. The Bertz CT molecular complexity index is 1280. The number of pyridine rings is 1. The molecule has 0 saturated carbocycles. The number of aryl methyl sites for hydroxylation is 1. The van der Waals surface area contributed by atoms with Crippen LogP contribution in [0.4, 0.5) is 0 Å². The van der Waals surface area contributed by atoms with Crippen molar-refractivity contribution in [2.75, 3.05) is 0 Å². The van der Waals surface area contributed by atoms with E-state index in [0.29, 0.717) is 0 Å². The van der Waals surface area contributed by atoms with Gasteiger partial charge in [-0.05, 0) is 37.1 Å². The van der Waals surface area contributed by atoms with Crippen LogP contribution in [0.25, 0.3) is 44.4 Å². The van der Waals surface area contributed by atoms with Crippen LogP contribution in [0, 0.1) is 6.92 Å². The summed E-state index contributed by atoms with van der Waals surface area (Å²) in [6.45, 7) is 12.1. The molecular formula is C26H23NO. The first-order valence-electron chi connectivity index (χ1n) is 9.56. The predicted molar refractivity (Wildman–Crippen MR) is 121 cm³/mol. The number of furan rings is 1. The number of aromatic nitrogens is 1. The van der Waals surface area contributed by atoms with Crippen molar-refractivity contribution in [2.24, 2.45) is 0 Å². The van der Waals surface area contributed by atoms with E-state index in [1.54, 1.807) is 6.08 Å². The van der Waals surface area contributed by atoms with Gasteiger partial charge in [0, 0.05) is 27.1 Å². The molecule has 0 spiro atoms. The van der Waals surface area contributed by atoms with E-state index in [0.717, 1.165) is 61.7 Å². The topological polar surface area (TPSA) is 26.0 Å². The summed E-state index contributed by atoms with van der Waals surface area (Å²) in [4.78, 5) is 4.97. The van der Waals surface area contributed by atoms with Crippen LogP contribution in [0.5, 0.6) is 0 Å². The second kappa shape index (κ2) is 7.32. The van der Waals surface area contributed by atoms with Gasteiger partial charge in [0.05, 0.1) is 11.4 Å². The summed E-state index contributed by atoms with van der Waals surface area (Å²) < 4.78 is 6.32. The molecular weight excluding hydrogens is 342 g/mol. The van der Waals surface area contributed by atoms with E-state index in [2.05, 4.69) is 57.4 Å². The van der Waals surface area contributed by atoms with Crippen LogP contribution in [0.2, 0.25) is 0 Å². The summed E-state index contributed by atoms with van der Waals surface area (Å²) in [5, 5.41) is 4.42. The van der Waals surface area contributed by atoms with Crippen LogP contribution in [0.1, 0.15) is 30.3 Å². The Labute approximate surface area is 165 Å². The minimum atomic E-state index is 0.897. The molecule has 0 aliphatic rings. The molecule has 0 fully saturated rings. The fourth-order valence-electron chi connectivity index (χ4n) is 3.73. The normalized spacial score (nSPS) is 12.4. The maximum atomic E-state index is 6.32. The van der Waals surface area contributed by atoms with E-state index >= 15 is 0 Å². The zero-order valence-corrected chi connectivity index (χ0v) is 16.3. The molecule has 4 aromatic rings. The molecule has 2 heteroatoms. The van der Waals surface area contributed by atoms with Crippen LogP contribution < -0.4 is 0 Å². The van der Waals surface area contributed by atoms with Gasteiger partial charge in [-0.2, -0.15) is 0 Å². The molecule has 28 heavy (non-hydrogen) atoms. The SMILES string of the molecule is C=C/C=C(\C=C)c1nc(/C=C\CC)c(C)c2c1ccc1c3ccccc3oc12. The predicted octanol–water partition coefficient (Wildman–Crippen LogP) is 7.62. The number of hydrogen-bond acceptors (Lipinski definition) is 2. The van der Waals surface area contributed by atoms with Gasteiger partial charge in [0.2, 0.25) is 0 Å². The first-order chi connectivity index (χ1) is 13.7. The van der Waals surface area contributed by atoms with Crippen LogP contribution in [-0.2, 0) is 0 Å². The lowest BCUT2D eigenvalue weighted by Gasteiger charge is -2.13. The number of hydrogen-bond donors (Lipinski definition) is 0. The summed E-state index contributed by atoms with van der Waals surface area (Å²) in [6.07, 6.45) is 10.7. The van der Waals surface area contributed by atoms with Gasteiger partial charge >= 0.3 is 0 Å². The Morgan fingerprint density at radius 2 is 1.86 bits per heavy atom. The van der Waals surface area contributed by atoms with Crippen molar-refractivity contribution >= 4 is 44.4 Å². The molecule has 0 aliphatic carbocycles. The number of rotatable bonds is 5. The van der Waals surface area contributed by atoms with Gasteiger partial charge in [0.1, 0.15) is 11.2 Å². The van der Waals surface area contributed by atoms with Crippen molar-refractivity contribution < 1.29 is 4.42 Å². The summed E-state index contributed by atoms with van der Waals surface area (Å²) in [5.74, 6) is 0. The molecule has 2 heterocycles. The van der Waals surface area contributed by atoms with E-state index in [-0.39, 0.29) is 0 Å². The van der Waals surface area contributed by atoms with Crippen LogP contribution >= 0.6 is 0 Å². The van der Waals surface area contributed by atoms with Gasteiger partial charge < -0.3 is 4.42 Å². The standard InChI is InChI=1S/C26H23NO/c1-5-8-13-22-17(4)24-21(25(27-22)18(7-3)11-6-2)16-15-20-19-12-9-10-14-23(19)28-26(20)24/h6-16H,2-3,5H2,1,4H3/b13-8-,18-11+. The molecule has 0 radical (unpaired) electrons. The molecule has 0 saturated heterocycles. The highest BCUT2D eigenvalue weighted by Gasteiger charge is 2.17. The lowest BCUT2D eigenvalue weighted by molar-refractivity contribution is 0.672. The van der Waals surface area contributed by atoms with Crippen molar-refractivity contribution in [1.29, 1.82) is 0 Å². The molecule has 0 bridgehead atoms. The second-order valence-corrected chi connectivity index (χ2v) is 6.81. The average Bonchev–Trinajstić information content (AvgIpc) is 3.10. The summed E-state index contributed by atoms with van der Waals surface area (Å²) in [7, 11) is 0. The quantitative estimate of drug-likeness (QED) is 0.340. The Kier molecular flexibility index (Phi) is 4.70. The molecule has 4 rings (SSSR count). The van der Waals surface area contributed by atoms with Crippen LogP contribution in [-0.4, -0.2) is 4.98 Å². The van der Waals surface area contributed by atoms with Crippen molar-refractivity contribution in [2.45, 2.75) is 20.3 Å². The molecule has 2 aromatic heterocycles. The first-order valence-corrected chi connectivity index (χ1v) is 9.56. The van der Waals surface area contributed by atoms with Crippen molar-refractivity contribution in [1.82, 2.24) is 4.98 Å². The third-order valence-electron chi connectivity index (χ3n) is 5.10. The Morgan fingerprint density at radius 3 is 2.61 bits per heavy atom. The Morgan fingerprint density at radius 1 is 1.07 bits per heavy atom. The second-order valence-electron chi connectivity index (χ2n) is 6.81. The van der Waals surface area contributed by atoms with Gasteiger partial charge in [-0.15, -0.1) is 0 Å². The number of allylic oxidation sites excluding steroid dienone is 5. The molecule has 2 nitrogen and oxygen atoms in total. The summed E-state index contributed by atoms with van der Waals surface area (Å²) in [6, 6.07) is 12.4. The van der Waals surface area contributed by atoms with Crippen LogP contribution in [0.3, 0.4) is 0 Å². The lowest BCUT2D eigenvalue weighted by atomic mass is 9.96. The van der Waals surface area contributed by atoms with Gasteiger partial charge in [-0.3, -0.25) is 0 Å². The smallest absolute Gasteiger partial charge is 0.143 e. The largest absolute Gasteiger partial charge is 0.455 e. The molecule has 2 aromatic carbocycles. The fraction of sp³-hybridized carbons (Fsp3) is 0.115. The van der Waals surface area contributed by atoms with Gasteiger partial charge in [0.15, 0.2) is 0 Å². The summed E-state index contributed by atoms with van der Waals surface area (Å²) in [5.41, 5.74) is 5.73. The van der Waals surface area contributed by atoms with Crippen molar-refractivity contribution in [3.63, 3.8) is 0 Å². The zero-order valence-electron chi connectivity index (χ0n) is 16.3. The minimum Gasteiger partial charge on any atom is -0.455 e. The first kappa shape index (κ1) is 18.0. The van der Waals surface area contributed by atoms with E-state index in [4.69, 9.17) is 9.40 Å². The van der Waals surface area contributed by atoms with E-state index in [1.165, 1.54) is 0 Å². The average molecular weight is 365 g/mol. The third-order valence-corrected chi connectivity index (χ3v) is 5.10. The number of para-hydroxylation sites is 1. The number of fused-ring (bicyclic) bond motifs is 5. The lowest BCUT2D eigenvalue weighted by Crippen LogP contribution is -1.97. The molecule has 0 unspecified atom stereocenters. The molecule has 138 valence electrons. The minimum absolute atomic E-state index is 0.897. The van der Waals surface area contributed by atoms with Crippen molar-refractivity contribution in [3.05, 3.63) is 90.8 Å². The van der Waals surface area contributed by atoms with Gasteiger partial charge in [-0.25, -0.2) is 4.98 Å². The fourth-order valence-corrected chi connectivity index (χ4v) is 3.73. The number of nitrogens with zero attached hydrogens (tertiary/aromatic N) is 1. The van der Waals surface area contributed by atoms with E-state index in [9.17, 15) is 0 Å². The maximum Gasteiger partial charge on any atom is 0.143 e. The van der Waals surface area contributed by atoms with E-state index in [1.807, 2.05) is 30.4 Å². The summed E-state index contributed by atoms with van der Waals surface area (Å²) >= 11 is 0. The monoisotopic (exact) mass is 365 g/mol. The third kappa shape index (κ3) is 2.78. The maximum absolute atomic E-state index is 6.32. The Hall–Kier alpha value is -3.39.